The van der Waals surface area contributed by atoms with Crippen LogP contribution in [0.3, 0.4) is 0 Å². The first-order chi connectivity index (χ1) is 5.66. The number of hydrogen-bond acceptors (Lipinski definition) is 1. The Morgan fingerprint density at radius 2 is 2.33 bits per heavy atom. The summed E-state index contributed by atoms with van der Waals surface area (Å²) in [4.78, 5) is 11.1. The first kappa shape index (κ1) is 9.30. The number of hydrogen-bond donors (Lipinski definition) is 1. The van der Waals surface area contributed by atoms with Crippen LogP contribution >= 0.6 is 0 Å². The SMILES string of the molecule is C=CCCC1NC(=O)C1C(C)C. The van der Waals surface area contributed by atoms with E-state index in [-0.39, 0.29) is 11.8 Å². The van der Waals surface area contributed by atoms with E-state index in [9.17, 15) is 4.79 Å². The van der Waals surface area contributed by atoms with Crippen LogP contribution in [0.15, 0.2) is 12.7 Å². The molecule has 1 rings (SSSR count). The molecule has 1 aliphatic rings. The second-order valence-electron chi connectivity index (χ2n) is 3.75. The second kappa shape index (κ2) is 3.74. The lowest BCUT2D eigenvalue weighted by atomic mass is 9.79. The van der Waals surface area contributed by atoms with Gasteiger partial charge in [0.25, 0.3) is 0 Å². The summed E-state index contributed by atoms with van der Waals surface area (Å²) in [6, 6.07) is 0.399. The predicted octanol–water partition coefficient (Wildman–Crippen LogP) is 1.72. The molecule has 2 heteroatoms. The third-order valence-electron chi connectivity index (χ3n) is 2.46. The Morgan fingerprint density at radius 1 is 1.67 bits per heavy atom. The van der Waals surface area contributed by atoms with Gasteiger partial charge in [-0.2, -0.15) is 0 Å². The van der Waals surface area contributed by atoms with E-state index >= 15 is 0 Å². The van der Waals surface area contributed by atoms with Crippen molar-refractivity contribution < 1.29 is 4.79 Å². The fourth-order valence-corrected chi connectivity index (χ4v) is 1.77. The zero-order valence-electron chi connectivity index (χ0n) is 7.84. The van der Waals surface area contributed by atoms with Crippen molar-refractivity contribution in [1.29, 1.82) is 0 Å². The smallest absolute Gasteiger partial charge is 0.225 e. The monoisotopic (exact) mass is 167 g/mol. The van der Waals surface area contributed by atoms with Crippen LogP contribution in [0.1, 0.15) is 26.7 Å². The molecule has 0 aliphatic carbocycles. The van der Waals surface area contributed by atoms with Crippen LogP contribution in [-0.2, 0) is 4.79 Å². The Hall–Kier alpha value is -0.790. The maximum atomic E-state index is 11.1. The lowest BCUT2D eigenvalue weighted by molar-refractivity contribution is -0.137. The van der Waals surface area contributed by atoms with E-state index in [2.05, 4.69) is 25.7 Å². The molecule has 0 aromatic rings. The molecule has 0 aromatic carbocycles. The summed E-state index contributed by atoms with van der Waals surface area (Å²) < 4.78 is 0. The van der Waals surface area contributed by atoms with Crippen LogP contribution in [-0.4, -0.2) is 11.9 Å². The molecule has 0 aromatic heterocycles. The van der Waals surface area contributed by atoms with Gasteiger partial charge in [-0.05, 0) is 18.8 Å². The molecular weight excluding hydrogens is 150 g/mol. The van der Waals surface area contributed by atoms with E-state index in [1.165, 1.54) is 0 Å². The van der Waals surface area contributed by atoms with E-state index in [1.807, 2.05) is 6.08 Å². The molecule has 2 unspecified atom stereocenters. The van der Waals surface area contributed by atoms with Gasteiger partial charge in [0.05, 0.1) is 5.92 Å². The number of amides is 1. The van der Waals surface area contributed by atoms with E-state index < -0.39 is 0 Å². The quantitative estimate of drug-likeness (QED) is 0.501. The molecule has 1 fully saturated rings. The number of carbonyl (C=O) groups excluding carboxylic acids is 1. The van der Waals surface area contributed by atoms with Crippen LogP contribution in [0.25, 0.3) is 0 Å². The maximum Gasteiger partial charge on any atom is 0.225 e. The standard InChI is InChI=1S/C10H17NO/c1-4-5-6-8-9(7(2)3)10(12)11-8/h4,7-9H,1,5-6H2,2-3H3,(H,11,12). The van der Waals surface area contributed by atoms with Crippen molar-refractivity contribution >= 4 is 5.91 Å². The van der Waals surface area contributed by atoms with E-state index in [0.717, 1.165) is 12.8 Å². The fraction of sp³-hybridized carbons (Fsp3) is 0.700. The summed E-state index contributed by atoms with van der Waals surface area (Å²) in [7, 11) is 0. The van der Waals surface area contributed by atoms with Crippen molar-refractivity contribution in [1.82, 2.24) is 5.32 Å². The van der Waals surface area contributed by atoms with E-state index in [0.29, 0.717) is 12.0 Å². The lowest BCUT2D eigenvalue weighted by Crippen LogP contribution is -2.59. The minimum atomic E-state index is 0.221. The van der Waals surface area contributed by atoms with Gasteiger partial charge >= 0.3 is 0 Å². The van der Waals surface area contributed by atoms with Crippen molar-refractivity contribution in [3.63, 3.8) is 0 Å². The Kier molecular flexibility index (Phi) is 2.90. The molecule has 0 spiro atoms. The number of allylic oxidation sites excluding steroid dienone is 1. The zero-order chi connectivity index (χ0) is 9.14. The molecule has 1 aliphatic heterocycles. The molecular formula is C10H17NO. The summed E-state index contributed by atoms with van der Waals surface area (Å²) in [5.74, 6) is 0.928. The third-order valence-corrected chi connectivity index (χ3v) is 2.46. The van der Waals surface area contributed by atoms with Gasteiger partial charge in [-0.1, -0.05) is 19.9 Å². The van der Waals surface area contributed by atoms with Gasteiger partial charge in [0, 0.05) is 6.04 Å². The minimum Gasteiger partial charge on any atom is -0.352 e. The van der Waals surface area contributed by atoms with Crippen molar-refractivity contribution in [2.24, 2.45) is 11.8 Å². The number of carbonyl (C=O) groups is 1. The lowest BCUT2D eigenvalue weighted by Gasteiger charge is -2.39. The van der Waals surface area contributed by atoms with Crippen molar-refractivity contribution in [2.75, 3.05) is 0 Å². The molecule has 12 heavy (non-hydrogen) atoms. The molecule has 2 nitrogen and oxygen atoms in total. The second-order valence-corrected chi connectivity index (χ2v) is 3.75. The normalized spacial score (nSPS) is 28.1. The van der Waals surface area contributed by atoms with Gasteiger partial charge in [-0.15, -0.1) is 6.58 Å². The van der Waals surface area contributed by atoms with Crippen LogP contribution < -0.4 is 5.32 Å². The highest BCUT2D eigenvalue weighted by molar-refractivity contribution is 5.86. The predicted molar refractivity (Wildman–Crippen MR) is 49.7 cm³/mol. The summed E-state index contributed by atoms with van der Waals surface area (Å²) in [5.41, 5.74) is 0. The van der Waals surface area contributed by atoms with Crippen LogP contribution in [0, 0.1) is 11.8 Å². The molecule has 1 heterocycles. The summed E-state index contributed by atoms with van der Waals surface area (Å²) in [5, 5.41) is 2.92. The maximum absolute atomic E-state index is 11.1. The van der Waals surface area contributed by atoms with Gasteiger partial charge in [-0.3, -0.25) is 4.79 Å². The van der Waals surface area contributed by atoms with Crippen LogP contribution in [0.2, 0.25) is 0 Å². The Bertz CT molecular complexity index is 186. The molecule has 1 saturated heterocycles. The van der Waals surface area contributed by atoms with Gasteiger partial charge in [0.15, 0.2) is 0 Å². The topological polar surface area (TPSA) is 29.1 Å². The summed E-state index contributed by atoms with van der Waals surface area (Å²) >= 11 is 0. The van der Waals surface area contributed by atoms with Crippen molar-refractivity contribution in [3.05, 3.63) is 12.7 Å². The highest BCUT2D eigenvalue weighted by Crippen LogP contribution is 2.26. The van der Waals surface area contributed by atoms with Gasteiger partial charge in [0.2, 0.25) is 5.91 Å². The molecule has 68 valence electrons. The highest BCUT2D eigenvalue weighted by Gasteiger charge is 2.40. The van der Waals surface area contributed by atoms with E-state index in [1.54, 1.807) is 0 Å². The molecule has 2 atom stereocenters. The summed E-state index contributed by atoms with van der Waals surface area (Å²) in [6.07, 6.45) is 3.94. The fourth-order valence-electron chi connectivity index (χ4n) is 1.77. The van der Waals surface area contributed by atoms with Crippen LogP contribution in [0.5, 0.6) is 0 Å². The largest absolute Gasteiger partial charge is 0.352 e. The molecule has 0 saturated carbocycles. The average Bonchev–Trinajstić information content (AvgIpc) is 1.95. The Labute approximate surface area is 74.0 Å². The number of rotatable bonds is 4. The Balaban J connectivity index is 2.37. The number of β-lactam (4-membered cyclic amide) rings is 1. The average molecular weight is 167 g/mol. The van der Waals surface area contributed by atoms with Crippen LogP contribution in [0.4, 0.5) is 0 Å². The summed E-state index contributed by atoms with van der Waals surface area (Å²) in [6.45, 7) is 7.87. The third kappa shape index (κ3) is 1.68. The number of nitrogens with one attached hydrogen (secondary N) is 1. The van der Waals surface area contributed by atoms with Gasteiger partial charge in [0.1, 0.15) is 0 Å². The van der Waals surface area contributed by atoms with Gasteiger partial charge < -0.3 is 5.32 Å². The molecule has 1 amide bonds. The Morgan fingerprint density at radius 3 is 2.75 bits per heavy atom. The molecule has 1 N–H and O–H groups in total. The van der Waals surface area contributed by atoms with E-state index in [4.69, 9.17) is 0 Å². The molecule has 0 bridgehead atoms. The minimum absolute atomic E-state index is 0.221. The van der Waals surface area contributed by atoms with Crippen molar-refractivity contribution in [3.8, 4) is 0 Å². The highest BCUT2D eigenvalue weighted by atomic mass is 16.2. The van der Waals surface area contributed by atoms with Crippen molar-refractivity contribution in [2.45, 2.75) is 32.7 Å². The molecule has 0 radical (unpaired) electrons. The first-order valence-corrected chi connectivity index (χ1v) is 4.58. The first-order valence-electron chi connectivity index (χ1n) is 4.58. The van der Waals surface area contributed by atoms with Gasteiger partial charge in [-0.25, -0.2) is 0 Å². The zero-order valence-corrected chi connectivity index (χ0v) is 7.84.